The fourth-order valence-corrected chi connectivity index (χ4v) is 6.63. The van der Waals surface area contributed by atoms with Crippen LogP contribution < -0.4 is 10.6 Å². The maximum Gasteiger partial charge on any atom is 0.251 e. The van der Waals surface area contributed by atoms with Gasteiger partial charge in [0.2, 0.25) is 15.9 Å². The zero-order valence-electron chi connectivity index (χ0n) is 17.5. The number of rotatable bonds is 5. The van der Waals surface area contributed by atoms with E-state index in [1.807, 2.05) is 18.2 Å². The van der Waals surface area contributed by atoms with E-state index in [0.717, 1.165) is 19.3 Å². The van der Waals surface area contributed by atoms with Crippen molar-refractivity contribution < 1.29 is 18.0 Å². The summed E-state index contributed by atoms with van der Waals surface area (Å²) in [6.07, 6.45) is 3.79. The van der Waals surface area contributed by atoms with Crippen LogP contribution in [0, 0.1) is 0 Å². The number of anilines is 1. The molecule has 0 aromatic heterocycles. The average Bonchev–Trinajstić information content (AvgIpc) is 2.73. The van der Waals surface area contributed by atoms with Crippen molar-refractivity contribution in [2.24, 2.45) is 0 Å². The summed E-state index contributed by atoms with van der Waals surface area (Å²) >= 11 is 0. The van der Waals surface area contributed by atoms with E-state index in [9.17, 15) is 18.0 Å². The molecule has 164 valence electrons. The first-order chi connectivity index (χ1) is 14.8. The molecule has 0 saturated carbocycles. The molecule has 2 atom stereocenters. The molecule has 0 spiro atoms. The number of amides is 2. The highest BCUT2D eigenvalue weighted by Crippen LogP contribution is 2.38. The third kappa shape index (κ3) is 4.65. The normalized spacial score (nSPS) is 23.7. The molecule has 2 heterocycles. The van der Waals surface area contributed by atoms with E-state index in [2.05, 4.69) is 10.6 Å². The first-order valence-corrected chi connectivity index (χ1v) is 12.1. The Hall–Kier alpha value is -2.71. The Morgan fingerprint density at radius 1 is 0.935 bits per heavy atom. The average molecular weight is 442 g/mol. The molecule has 7 nitrogen and oxygen atoms in total. The molecule has 0 aliphatic carbocycles. The van der Waals surface area contributed by atoms with E-state index < -0.39 is 10.0 Å². The molecule has 31 heavy (non-hydrogen) atoms. The minimum absolute atomic E-state index is 0.0448. The fraction of sp³-hybridized carbons (Fsp3) is 0.391. The largest absolute Gasteiger partial charge is 0.349 e. The molecule has 2 aliphatic rings. The van der Waals surface area contributed by atoms with Crippen LogP contribution in [0.2, 0.25) is 0 Å². The molecule has 2 N–H and O–H groups in total. The smallest absolute Gasteiger partial charge is 0.251 e. The maximum absolute atomic E-state index is 13.4. The summed E-state index contributed by atoms with van der Waals surface area (Å²) in [5.41, 5.74) is 1.18. The predicted molar refractivity (Wildman–Crippen MR) is 118 cm³/mol. The van der Waals surface area contributed by atoms with Gasteiger partial charge in [0, 0.05) is 36.3 Å². The highest BCUT2D eigenvalue weighted by Gasteiger charge is 2.45. The lowest BCUT2D eigenvalue weighted by molar-refractivity contribution is -0.114. The fourth-order valence-electron chi connectivity index (χ4n) is 4.74. The molecule has 2 fully saturated rings. The van der Waals surface area contributed by atoms with Gasteiger partial charge in [0.25, 0.3) is 5.91 Å². The van der Waals surface area contributed by atoms with E-state index >= 15 is 0 Å². The van der Waals surface area contributed by atoms with Crippen molar-refractivity contribution in [3.63, 3.8) is 0 Å². The van der Waals surface area contributed by atoms with Gasteiger partial charge in [-0.05, 0) is 62.1 Å². The summed E-state index contributed by atoms with van der Waals surface area (Å²) in [5.74, 6) is -0.321. The lowest BCUT2D eigenvalue weighted by Crippen LogP contribution is -2.58. The van der Waals surface area contributed by atoms with Crippen LogP contribution in [0.15, 0.2) is 59.5 Å². The van der Waals surface area contributed by atoms with E-state index in [4.69, 9.17) is 0 Å². The number of hydrogen-bond acceptors (Lipinski definition) is 4. The van der Waals surface area contributed by atoms with Crippen LogP contribution >= 0.6 is 0 Å². The van der Waals surface area contributed by atoms with Crippen LogP contribution in [0.1, 0.15) is 49.4 Å². The van der Waals surface area contributed by atoms with E-state index in [1.54, 1.807) is 40.7 Å². The molecule has 0 radical (unpaired) electrons. The van der Waals surface area contributed by atoms with Crippen LogP contribution in [0.4, 0.5) is 5.69 Å². The number of piperidine rings is 2. The summed E-state index contributed by atoms with van der Waals surface area (Å²) in [4.78, 5) is 24.0. The number of carbonyl (C=O) groups excluding carboxylic acids is 2. The summed E-state index contributed by atoms with van der Waals surface area (Å²) in [6.45, 7) is 1.41. The van der Waals surface area contributed by atoms with Crippen LogP contribution in [-0.4, -0.2) is 42.7 Å². The van der Waals surface area contributed by atoms with Crippen molar-refractivity contribution in [3.8, 4) is 0 Å². The van der Waals surface area contributed by atoms with Crippen molar-refractivity contribution >= 4 is 27.5 Å². The summed E-state index contributed by atoms with van der Waals surface area (Å²) < 4.78 is 28.5. The molecule has 2 amide bonds. The quantitative estimate of drug-likeness (QED) is 0.745. The number of nitrogens with one attached hydrogen (secondary N) is 2. The second-order valence-electron chi connectivity index (χ2n) is 8.29. The molecule has 2 bridgehead atoms. The molecule has 0 unspecified atom stereocenters. The van der Waals surface area contributed by atoms with Gasteiger partial charge >= 0.3 is 0 Å². The first kappa shape index (κ1) is 21.5. The van der Waals surface area contributed by atoms with Gasteiger partial charge in [-0.3, -0.25) is 9.59 Å². The van der Waals surface area contributed by atoms with Crippen LogP contribution in [0.5, 0.6) is 0 Å². The SMILES string of the molecule is CC(=O)Nc1ccc(S(=O)(=O)N2[C@@H]3CCC[C@@H]2CC(NC(=O)c2ccccc2)C3)cc1. The van der Waals surface area contributed by atoms with E-state index in [1.165, 1.54) is 6.92 Å². The van der Waals surface area contributed by atoms with Crippen LogP contribution in [0.25, 0.3) is 0 Å². The van der Waals surface area contributed by atoms with Crippen molar-refractivity contribution in [1.82, 2.24) is 9.62 Å². The zero-order chi connectivity index (χ0) is 22.0. The lowest BCUT2D eigenvalue weighted by atomic mass is 9.84. The van der Waals surface area contributed by atoms with Gasteiger partial charge in [-0.25, -0.2) is 8.42 Å². The van der Waals surface area contributed by atoms with Crippen molar-refractivity contribution in [2.45, 2.75) is 62.0 Å². The number of sulfonamides is 1. The number of nitrogens with zero attached hydrogens (tertiary/aromatic N) is 1. The summed E-state index contributed by atoms with van der Waals surface area (Å²) in [7, 11) is -3.66. The number of benzene rings is 2. The van der Waals surface area contributed by atoms with Gasteiger partial charge in [0.05, 0.1) is 4.90 Å². The third-order valence-corrected chi connectivity index (χ3v) is 8.05. The lowest BCUT2D eigenvalue weighted by Gasteiger charge is -2.47. The van der Waals surface area contributed by atoms with Gasteiger partial charge in [-0.2, -0.15) is 4.31 Å². The topological polar surface area (TPSA) is 95.6 Å². The molecular weight excluding hydrogens is 414 g/mol. The molecule has 2 aromatic carbocycles. The number of hydrogen-bond donors (Lipinski definition) is 2. The Labute approximate surface area is 182 Å². The molecule has 2 saturated heterocycles. The number of carbonyl (C=O) groups is 2. The summed E-state index contributed by atoms with van der Waals surface area (Å²) in [6, 6.07) is 15.1. The second-order valence-corrected chi connectivity index (χ2v) is 10.1. The first-order valence-electron chi connectivity index (χ1n) is 10.6. The van der Waals surface area contributed by atoms with Gasteiger partial charge in [-0.1, -0.05) is 24.6 Å². The third-order valence-electron chi connectivity index (χ3n) is 6.03. The Bertz CT molecular complexity index is 1040. The highest BCUT2D eigenvalue weighted by molar-refractivity contribution is 7.89. The maximum atomic E-state index is 13.4. The molecule has 8 heteroatoms. The molecule has 4 rings (SSSR count). The highest BCUT2D eigenvalue weighted by atomic mass is 32.2. The minimum Gasteiger partial charge on any atom is -0.349 e. The second kappa shape index (κ2) is 8.80. The van der Waals surface area contributed by atoms with Gasteiger partial charge in [0.15, 0.2) is 0 Å². The van der Waals surface area contributed by atoms with Crippen molar-refractivity contribution in [1.29, 1.82) is 0 Å². The van der Waals surface area contributed by atoms with Gasteiger partial charge < -0.3 is 10.6 Å². The van der Waals surface area contributed by atoms with Crippen LogP contribution in [-0.2, 0) is 14.8 Å². The molecule has 2 aliphatic heterocycles. The minimum atomic E-state index is -3.66. The summed E-state index contributed by atoms with van der Waals surface area (Å²) in [5, 5.41) is 5.75. The Kier molecular flexibility index (Phi) is 6.11. The van der Waals surface area contributed by atoms with Gasteiger partial charge in [0.1, 0.15) is 0 Å². The zero-order valence-corrected chi connectivity index (χ0v) is 18.3. The van der Waals surface area contributed by atoms with E-state index in [-0.39, 0.29) is 34.8 Å². The predicted octanol–water partition coefficient (Wildman–Crippen LogP) is 3.15. The Morgan fingerprint density at radius 2 is 1.55 bits per heavy atom. The van der Waals surface area contributed by atoms with Gasteiger partial charge in [-0.15, -0.1) is 0 Å². The van der Waals surface area contributed by atoms with Crippen molar-refractivity contribution in [2.75, 3.05) is 5.32 Å². The molecular formula is C23H27N3O4S. The molecule has 2 aromatic rings. The standard InChI is InChI=1S/C23H27N3O4S/c1-16(27)24-18-10-12-22(13-11-18)31(29,30)26-20-8-5-9-21(26)15-19(14-20)25-23(28)17-6-3-2-4-7-17/h2-4,6-7,10-13,19-21H,5,8-9,14-15H2,1H3,(H,24,27)(H,25,28)/t20-,21-/m1/s1. The monoisotopic (exact) mass is 441 g/mol. The number of fused-ring (bicyclic) bond motifs is 2. The Balaban J connectivity index is 1.50. The van der Waals surface area contributed by atoms with Crippen molar-refractivity contribution in [3.05, 3.63) is 60.2 Å². The van der Waals surface area contributed by atoms with Crippen LogP contribution in [0.3, 0.4) is 0 Å². The Morgan fingerprint density at radius 3 is 2.13 bits per heavy atom. The van der Waals surface area contributed by atoms with E-state index in [0.29, 0.717) is 24.1 Å².